The van der Waals surface area contributed by atoms with E-state index >= 15 is 0 Å². The third-order valence-corrected chi connectivity index (χ3v) is 6.13. The highest BCUT2D eigenvalue weighted by atomic mass is 19.3. The number of hydrogen-bond donors (Lipinski definition) is 0. The number of aryl methyl sites for hydroxylation is 1. The molecule has 4 heterocycles. The Morgan fingerprint density at radius 2 is 1.94 bits per heavy atom. The number of aromatic nitrogens is 4. The van der Waals surface area contributed by atoms with Crippen LogP contribution in [0.25, 0.3) is 16.9 Å². The number of fused-ring (bicyclic) bond motifs is 1. The monoisotopic (exact) mass is 447 g/mol. The minimum absolute atomic E-state index is 0.121. The van der Waals surface area contributed by atoms with Gasteiger partial charge in [0.15, 0.2) is 5.65 Å². The van der Waals surface area contributed by atoms with Gasteiger partial charge in [-0.2, -0.15) is 5.10 Å². The molecule has 0 spiro atoms. The summed E-state index contributed by atoms with van der Waals surface area (Å²) in [6.45, 7) is 2.53. The lowest BCUT2D eigenvalue weighted by molar-refractivity contribution is 0.0613. The number of alkyl halides is 2. The molecule has 0 bridgehead atoms. The van der Waals surface area contributed by atoms with E-state index in [0.29, 0.717) is 17.8 Å². The van der Waals surface area contributed by atoms with Crippen molar-refractivity contribution in [1.82, 2.24) is 24.5 Å². The van der Waals surface area contributed by atoms with Gasteiger partial charge in [-0.25, -0.2) is 18.3 Å². The lowest BCUT2D eigenvalue weighted by Gasteiger charge is -2.35. The Morgan fingerprint density at radius 3 is 2.67 bits per heavy atom. The fraction of sp³-hybridized carbons (Fsp3) is 0.280. The molecule has 5 rings (SSSR count). The van der Waals surface area contributed by atoms with Gasteiger partial charge in [-0.3, -0.25) is 9.78 Å². The van der Waals surface area contributed by atoms with E-state index in [2.05, 4.69) is 15.1 Å². The van der Waals surface area contributed by atoms with Gasteiger partial charge in [-0.15, -0.1) is 0 Å². The Morgan fingerprint density at radius 1 is 1.12 bits per heavy atom. The maximum atomic E-state index is 13.9. The first-order chi connectivity index (χ1) is 16.0. The molecule has 8 heteroatoms. The summed E-state index contributed by atoms with van der Waals surface area (Å²) in [6.07, 6.45) is 4.77. The van der Waals surface area contributed by atoms with E-state index < -0.39 is 6.43 Å². The van der Waals surface area contributed by atoms with Crippen molar-refractivity contribution in [2.45, 2.75) is 38.7 Å². The van der Waals surface area contributed by atoms with Crippen molar-refractivity contribution in [2.24, 2.45) is 0 Å². The molecule has 1 aliphatic heterocycles. The molecule has 0 aliphatic carbocycles. The zero-order valence-corrected chi connectivity index (χ0v) is 18.2. The maximum Gasteiger partial charge on any atom is 0.280 e. The van der Waals surface area contributed by atoms with Crippen LogP contribution >= 0.6 is 0 Å². The Balaban J connectivity index is 1.60. The van der Waals surface area contributed by atoms with Crippen molar-refractivity contribution in [2.75, 3.05) is 6.54 Å². The molecule has 1 saturated heterocycles. The first kappa shape index (κ1) is 21.2. The fourth-order valence-corrected chi connectivity index (χ4v) is 4.41. The average Bonchev–Trinajstić information content (AvgIpc) is 3.28. The van der Waals surface area contributed by atoms with E-state index in [0.717, 1.165) is 34.9 Å². The third-order valence-electron chi connectivity index (χ3n) is 6.13. The number of likely N-dealkylation sites (tertiary alicyclic amines) is 1. The van der Waals surface area contributed by atoms with Crippen LogP contribution in [0.15, 0.2) is 61.1 Å². The predicted molar refractivity (Wildman–Crippen MR) is 120 cm³/mol. The third kappa shape index (κ3) is 3.97. The molecule has 1 atom stereocenters. The van der Waals surface area contributed by atoms with Crippen molar-refractivity contribution in [3.63, 3.8) is 0 Å². The summed E-state index contributed by atoms with van der Waals surface area (Å²) in [4.78, 5) is 24.2. The lowest BCUT2D eigenvalue weighted by Crippen LogP contribution is -2.38. The van der Waals surface area contributed by atoms with Gasteiger partial charge in [0.1, 0.15) is 11.3 Å². The number of carbonyl (C=O) groups excluding carboxylic acids is 1. The number of hydrogen-bond acceptors (Lipinski definition) is 4. The van der Waals surface area contributed by atoms with Crippen molar-refractivity contribution in [1.29, 1.82) is 0 Å². The minimum atomic E-state index is -2.76. The SMILES string of the molecule is Cc1ccc(-c2cc(C(F)F)n3ncc(C(=O)N4CCCC[C@@H]4c4cccnc4)c3n2)cc1. The number of carbonyl (C=O) groups is 1. The van der Waals surface area contributed by atoms with Gasteiger partial charge < -0.3 is 4.90 Å². The van der Waals surface area contributed by atoms with Gasteiger partial charge >= 0.3 is 0 Å². The van der Waals surface area contributed by atoms with Crippen LogP contribution in [-0.2, 0) is 0 Å². The predicted octanol–water partition coefficient (Wildman–Crippen LogP) is 5.40. The first-order valence-electron chi connectivity index (χ1n) is 11.0. The summed E-state index contributed by atoms with van der Waals surface area (Å²) in [6, 6.07) is 12.5. The van der Waals surface area contributed by atoms with Gasteiger partial charge in [0.25, 0.3) is 12.3 Å². The van der Waals surface area contributed by atoms with Crippen LogP contribution in [0.2, 0.25) is 0 Å². The Bertz CT molecular complexity index is 1290. The van der Waals surface area contributed by atoms with Crippen LogP contribution < -0.4 is 0 Å². The number of piperidine rings is 1. The van der Waals surface area contributed by atoms with Crippen LogP contribution in [0.4, 0.5) is 8.78 Å². The van der Waals surface area contributed by atoms with Crippen molar-refractivity contribution in [3.05, 3.63) is 83.4 Å². The van der Waals surface area contributed by atoms with Crippen LogP contribution in [0.5, 0.6) is 0 Å². The summed E-state index contributed by atoms with van der Waals surface area (Å²) >= 11 is 0. The normalized spacial score (nSPS) is 16.5. The van der Waals surface area contributed by atoms with Crippen LogP contribution in [0.3, 0.4) is 0 Å². The highest BCUT2D eigenvalue weighted by molar-refractivity contribution is 6.00. The van der Waals surface area contributed by atoms with E-state index in [1.54, 1.807) is 17.3 Å². The fourth-order valence-electron chi connectivity index (χ4n) is 4.41. The molecule has 1 amide bonds. The summed E-state index contributed by atoms with van der Waals surface area (Å²) in [7, 11) is 0. The summed E-state index contributed by atoms with van der Waals surface area (Å²) in [5.74, 6) is -0.257. The molecule has 6 nitrogen and oxygen atoms in total. The molecule has 0 radical (unpaired) electrons. The number of amides is 1. The van der Waals surface area contributed by atoms with Crippen LogP contribution in [-0.4, -0.2) is 36.9 Å². The van der Waals surface area contributed by atoms with Gasteiger partial charge in [-0.05, 0) is 43.9 Å². The summed E-state index contributed by atoms with van der Waals surface area (Å²) in [5, 5.41) is 4.12. The van der Waals surface area contributed by atoms with Gasteiger partial charge in [0.2, 0.25) is 0 Å². The molecule has 168 valence electrons. The molecular formula is C25H23F2N5O. The van der Waals surface area contributed by atoms with Crippen molar-refractivity contribution >= 4 is 11.6 Å². The van der Waals surface area contributed by atoms with E-state index in [-0.39, 0.29) is 28.9 Å². The number of halogens is 2. The molecule has 0 saturated carbocycles. The quantitative estimate of drug-likeness (QED) is 0.420. The Kier molecular flexibility index (Phi) is 5.58. The zero-order chi connectivity index (χ0) is 22.9. The number of benzene rings is 1. The summed E-state index contributed by atoms with van der Waals surface area (Å²) < 4.78 is 28.9. The topological polar surface area (TPSA) is 63.4 Å². The lowest BCUT2D eigenvalue weighted by atomic mass is 9.95. The highest BCUT2D eigenvalue weighted by Gasteiger charge is 2.31. The second kappa shape index (κ2) is 8.69. The largest absolute Gasteiger partial charge is 0.331 e. The molecule has 1 aliphatic rings. The highest BCUT2D eigenvalue weighted by Crippen LogP contribution is 2.33. The number of rotatable bonds is 4. The molecular weight excluding hydrogens is 424 g/mol. The zero-order valence-electron chi connectivity index (χ0n) is 18.2. The maximum absolute atomic E-state index is 13.9. The van der Waals surface area contributed by atoms with Crippen LogP contribution in [0.1, 0.15) is 58.9 Å². The van der Waals surface area contributed by atoms with Crippen LogP contribution in [0, 0.1) is 6.92 Å². The smallest absolute Gasteiger partial charge is 0.280 e. The summed E-state index contributed by atoms with van der Waals surface area (Å²) in [5.41, 5.74) is 3.18. The number of nitrogens with zero attached hydrogens (tertiary/aromatic N) is 5. The van der Waals surface area contributed by atoms with Gasteiger partial charge in [0.05, 0.1) is 17.9 Å². The molecule has 0 N–H and O–H groups in total. The molecule has 1 aromatic carbocycles. The number of pyridine rings is 1. The minimum Gasteiger partial charge on any atom is -0.331 e. The van der Waals surface area contributed by atoms with Gasteiger partial charge in [0, 0.05) is 24.5 Å². The molecule has 4 aromatic rings. The standard InChI is InChI=1S/C25H23F2N5O/c1-16-7-9-17(10-8-16)20-13-22(23(26)27)32-24(30-20)19(15-29-32)25(33)31-12-3-2-6-21(31)18-5-4-11-28-14-18/h4-5,7-11,13-15,21,23H,2-3,6,12H2,1H3/t21-/m1/s1. The Labute approximate surface area is 189 Å². The second-order valence-electron chi connectivity index (χ2n) is 8.32. The Hall–Kier alpha value is -3.68. The molecule has 0 unspecified atom stereocenters. The molecule has 33 heavy (non-hydrogen) atoms. The van der Waals surface area contributed by atoms with Crippen molar-refractivity contribution < 1.29 is 13.6 Å². The first-order valence-corrected chi connectivity index (χ1v) is 11.0. The van der Waals surface area contributed by atoms with E-state index in [4.69, 9.17) is 0 Å². The average molecular weight is 447 g/mol. The van der Waals surface area contributed by atoms with E-state index in [9.17, 15) is 13.6 Å². The van der Waals surface area contributed by atoms with Gasteiger partial charge in [-0.1, -0.05) is 35.9 Å². The van der Waals surface area contributed by atoms with E-state index in [1.165, 1.54) is 12.3 Å². The van der Waals surface area contributed by atoms with Crippen molar-refractivity contribution in [3.8, 4) is 11.3 Å². The second-order valence-corrected chi connectivity index (χ2v) is 8.32. The molecule has 3 aromatic heterocycles. The molecule has 1 fully saturated rings. The van der Waals surface area contributed by atoms with E-state index in [1.807, 2.05) is 43.3 Å².